The predicted octanol–water partition coefficient (Wildman–Crippen LogP) is 1.95. The molecule has 1 rings (SSSR count). The van der Waals surface area contributed by atoms with Crippen LogP contribution in [0.3, 0.4) is 0 Å². The van der Waals surface area contributed by atoms with E-state index in [9.17, 15) is 9.90 Å². The number of hydrogen-bond donors (Lipinski definition) is 2. The molecule has 0 fully saturated rings. The Balaban J connectivity index is 2.51. The van der Waals surface area contributed by atoms with Crippen molar-refractivity contribution < 1.29 is 19.4 Å². The molecule has 1 unspecified atom stereocenters. The normalized spacial score (nSPS) is 12.2. The zero-order valence-electron chi connectivity index (χ0n) is 13.2. The second-order valence-electron chi connectivity index (χ2n) is 4.63. The topological polar surface area (TPSA) is 67.8 Å². The van der Waals surface area contributed by atoms with Crippen molar-refractivity contribution in [1.82, 2.24) is 5.32 Å². The van der Waals surface area contributed by atoms with Gasteiger partial charge in [-0.25, -0.2) is 0 Å². The molecular weight excluding hydrogens is 302 g/mol. The molecule has 5 nitrogen and oxygen atoms in total. The van der Waals surface area contributed by atoms with Gasteiger partial charge in [0.05, 0.1) is 20.3 Å². The number of aliphatic hydroxyl groups is 1. The fourth-order valence-electron chi connectivity index (χ4n) is 1.76. The largest absolute Gasteiger partial charge is 0.493 e. The minimum Gasteiger partial charge on any atom is -0.493 e. The van der Waals surface area contributed by atoms with Gasteiger partial charge in [-0.1, -0.05) is 6.07 Å². The second kappa shape index (κ2) is 10.1. The number of benzene rings is 1. The molecule has 1 atom stereocenters. The van der Waals surface area contributed by atoms with Crippen molar-refractivity contribution in [1.29, 1.82) is 0 Å². The third-order valence-corrected chi connectivity index (χ3v) is 3.65. The Kier molecular flexibility index (Phi) is 8.47. The molecule has 22 heavy (non-hydrogen) atoms. The fourth-order valence-corrected chi connectivity index (χ4v) is 2.27. The van der Waals surface area contributed by atoms with Gasteiger partial charge < -0.3 is 19.9 Å². The first-order valence-electron chi connectivity index (χ1n) is 6.95. The molecule has 0 saturated heterocycles. The van der Waals surface area contributed by atoms with Crippen LogP contribution < -0.4 is 14.8 Å². The highest BCUT2D eigenvalue weighted by molar-refractivity contribution is 7.98. The van der Waals surface area contributed by atoms with Gasteiger partial charge in [-0.2, -0.15) is 11.8 Å². The van der Waals surface area contributed by atoms with Crippen LogP contribution in [0, 0.1) is 0 Å². The highest BCUT2D eigenvalue weighted by Crippen LogP contribution is 2.27. The van der Waals surface area contributed by atoms with E-state index in [-0.39, 0.29) is 12.5 Å². The van der Waals surface area contributed by atoms with E-state index >= 15 is 0 Å². The van der Waals surface area contributed by atoms with E-state index in [1.165, 1.54) is 6.08 Å². The Morgan fingerprint density at radius 2 is 2.09 bits per heavy atom. The van der Waals surface area contributed by atoms with Crippen molar-refractivity contribution in [2.24, 2.45) is 0 Å². The summed E-state index contributed by atoms with van der Waals surface area (Å²) in [5, 5.41) is 12.3. The molecule has 1 amide bonds. The van der Waals surface area contributed by atoms with E-state index in [2.05, 4.69) is 5.32 Å². The number of methoxy groups -OCH3 is 2. The molecule has 0 aliphatic carbocycles. The molecule has 1 aromatic rings. The number of rotatable bonds is 9. The maximum absolute atomic E-state index is 11.7. The molecule has 1 aromatic carbocycles. The van der Waals surface area contributed by atoms with Gasteiger partial charge in [0.25, 0.3) is 0 Å². The first kappa shape index (κ1) is 18.4. The minimum atomic E-state index is -0.508. The molecule has 0 aromatic heterocycles. The van der Waals surface area contributed by atoms with Gasteiger partial charge in [0.15, 0.2) is 11.5 Å². The van der Waals surface area contributed by atoms with E-state index in [0.29, 0.717) is 17.9 Å². The van der Waals surface area contributed by atoms with Gasteiger partial charge >= 0.3 is 0 Å². The van der Waals surface area contributed by atoms with Crippen LogP contribution in [0.2, 0.25) is 0 Å². The van der Waals surface area contributed by atoms with E-state index < -0.39 is 6.10 Å². The van der Waals surface area contributed by atoms with Crippen molar-refractivity contribution >= 4 is 23.7 Å². The molecule has 122 valence electrons. The van der Waals surface area contributed by atoms with Crippen LogP contribution in [0.4, 0.5) is 0 Å². The van der Waals surface area contributed by atoms with Gasteiger partial charge in [-0.15, -0.1) is 0 Å². The first-order chi connectivity index (χ1) is 10.6. The Morgan fingerprint density at radius 3 is 2.73 bits per heavy atom. The smallest absolute Gasteiger partial charge is 0.244 e. The lowest BCUT2D eigenvalue weighted by molar-refractivity contribution is -0.116. The van der Waals surface area contributed by atoms with Crippen LogP contribution in [-0.4, -0.2) is 49.9 Å². The maximum Gasteiger partial charge on any atom is 0.244 e. The summed E-state index contributed by atoms with van der Waals surface area (Å²) in [5.41, 5.74) is 0.829. The lowest BCUT2D eigenvalue weighted by atomic mass is 10.2. The molecule has 0 heterocycles. The molecule has 0 aliphatic heterocycles. The van der Waals surface area contributed by atoms with Gasteiger partial charge in [-0.3, -0.25) is 4.79 Å². The zero-order valence-corrected chi connectivity index (χ0v) is 14.0. The van der Waals surface area contributed by atoms with Gasteiger partial charge in [0, 0.05) is 12.6 Å². The molecule has 6 heteroatoms. The Bertz CT molecular complexity index is 505. The summed E-state index contributed by atoms with van der Waals surface area (Å²) in [6, 6.07) is 5.40. The van der Waals surface area contributed by atoms with E-state index in [1.54, 1.807) is 44.2 Å². The van der Waals surface area contributed by atoms with Crippen LogP contribution in [0.15, 0.2) is 24.3 Å². The third-order valence-electron chi connectivity index (χ3n) is 3.00. The van der Waals surface area contributed by atoms with Crippen LogP contribution in [0.25, 0.3) is 6.08 Å². The van der Waals surface area contributed by atoms with Gasteiger partial charge in [0.1, 0.15) is 0 Å². The molecule has 0 spiro atoms. The van der Waals surface area contributed by atoms with E-state index in [4.69, 9.17) is 9.47 Å². The number of ether oxygens (including phenoxy) is 2. The van der Waals surface area contributed by atoms with Crippen LogP contribution in [0.1, 0.15) is 12.0 Å². The Labute approximate surface area is 135 Å². The second-order valence-corrected chi connectivity index (χ2v) is 5.61. The quantitative estimate of drug-likeness (QED) is 0.679. The highest BCUT2D eigenvalue weighted by Gasteiger charge is 2.05. The van der Waals surface area contributed by atoms with Crippen molar-refractivity contribution in [3.63, 3.8) is 0 Å². The highest BCUT2D eigenvalue weighted by atomic mass is 32.2. The standard InChI is InChI=1S/C16H23NO4S/c1-20-14-6-4-12(10-15(14)21-2)5-7-16(19)17-11-13(18)8-9-22-3/h4-7,10,13,18H,8-9,11H2,1-3H3,(H,17,19)/b7-5+. The summed E-state index contributed by atoms with van der Waals surface area (Å²) in [5.74, 6) is 1.88. The SMILES string of the molecule is COc1ccc(/C=C/C(=O)NCC(O)CCSC)cc1OC. The maximum atomic E-state index is 11.7. The summed E-state index contributed by atoms with van der Waals surface area (Å²) in [6.07, 6.45) is 5.26. The van der Waals surface area contributed by atoms with E-state index in [0.717, 1.165) is 11.3 Å². The number of aliphatic hydroxyl groups excluding tert-OH is 1. The molecule has 0 saturated carbocycles. The number of thioether (sulfide) groups is 1. The molecule has 2 N–H and O–H groups in total. The summed E-state index contributed by atoms with van der Waals surface area (Å²) in [6.45, 7) is 0.260. The predicted molar refractivity (Wildman–Crippen MR) is 90.6 cm³/mol. The number of carbonyl (C=O) groups is 1. The third kappa shape index (κ3) is 6.41. The van der Waals surface area contributed by atoms with Crippen molar-refractivity contribution in [2.75, 3.05) is 32.8 Å². The number of nitrogens with one attached hydrogen (secondary N) is 1. The summed E-state index contributed by atoms with van der Waals surface area (Å²) in [7, 11) is 3.14. The molecular formula is C16H23NO4S. The summed E-state index contributed by atoms with van der Waals surface area (Å²) >= 11 is 1.67. The van der Waals surface area contributed by atoms with Crippen LogP contribution in [0.5, 0.6) is 11.5 Å². The summed E-state index contributed by atoms with van der Waals surface area (Å²) < 4.78 is 10.4. The van der Waals surface area contributed by atoms with Crippen molar-refractivity contribution in [2.45, 2.75) is 12.5 Å². The van der Waals surface area contributed by atoms with Gasteiger partial charge in [-0.05, 0) is 42.2 Å². The summed E-state index contributed by atoms with van der Waals surface area (Å²) in [4.78, 5) is 11.7. The lowest BCUT2D eigenvalue weighted by Crippen LogP contribution is -2.31. The van der Waals surface area contributed by atoms with Crippen LogP contribution >= 0.6 is 11.8 Å². The van der Waals surface area contributed by atoms with Crippen molar-refractivity contribution in [3.05, 3.63) is 29.8 Å². The average Bonchev–Trinajstić information content (AvgIpc) is 2.55. The molecule has 0 aliphatic rings. The van der Waals surface area contributed by atoms with Crippen molar-refractivity contribution in [3.8, 4) is 11.5 Å². The number of amides is 1. The van der Waals surface area contributed by atoms with E-state index in [1.807, 2.05) is 12.3 Å². The monoisotopic (exact) mass is 325 g/mol. The Hall–Kier alpha value is -1.66. The number of hydrogen-bond acceptors (Lipinski definition) is 5. The fraction of sp³-hybridized carbons (Fsp3) is 0.438. The molecule has 0 radical (unpaired) electrons. The Morgan fingerprint density at radius 1 is 1.36 bits per heavy atom. The van der Waals surface area contributed by atoms with Gasteiger partial charge in [0.2, 0.25) is 5.91 Å². The number of carbonyl (C=O) groups excluding carboxylic acids is 1. The average molecular weight is 325 g/mol. The lowest BCUT2D eigenvalue weighted by Gasteiger charge is -2.10. The zero-order chi connectivity index (χ0) is 16.4. The minimum absolute atomic E-state index is 0.238. The van der Waals surface area contributed by atoms with Crippen LogP contribution in [-0.2, 0) is 4.79 Å². The first-order valence-corrected chi connectivity index (χ1v) is 8.35. The molecule has 0 bridgehead atoms.